The molecule has 1 fully saturated rings. The number of carbonyl (C=O) groups is 1. The van der Waals surface area contributed by atoms with E-state index >= 15 is 0 Å². The summed E-state index contributed by atoms with van der Waals surface area (Å²) in [5.74, 6) is -0.401. The number of amides is 1. The number of carbonyl (C=O) groups excluding carboxylic acids is 1. The van der Waals surface area contributed by atoms with Crippen LogP contribution in [0.2, 0.25) is 0 Å². The molecule has 1 saturated heterocycles. The van der Waals surface area contributed by atoms with Crippen molar-refractivity contribution < 1.29 is 14.3 Å². The second kappa shape index (κ2) is 7.76. The van der Waals surface area contributed by atoms with Crippen LogP contribution < -0.4 is 5.73 Å². The quantitative estimate of drug-likeness (QED) is 0.746. The smallest absolute Gasteiger partial charge is 0.246 e. The van der Waals surface area contributed by atoms with E-state index < -0.39 is 12.0 Å². The Labute approximate surface area is 85.8 Å². The molecule has 1 aliphatic heterocycles. The van der Waals surface area contributed by atoms with Crippen molar-refractivity contribution in [2.45, 2.75) is 45.8 Å². The normalized spacial score (nSPS) is 19.4. The van der Waals surface area contributed by atoms with Crippen LogP contribution in [0.1, 0.15) is 33.6 Å². The Hall–Kier alpha value is -0.610. The molecule has 1 atom stereocenters. The summed E-state index contributed by atoms with van der Waals surface area (Å²) in [6.45, 7) is 7.12. The molecule has 0 aromatic carbocycles. The Balaban J connectivity index is 0.000000791. The first-order valence-electron chi connectivity index (χ1n) is 5.22. The number of hydrogen-bond donors (Lipinski definition) is 1. The molecule has 1 rings (SSSR count). The maximum atomic E-state index is 10.6. The molecule has 4 nitrogen and oxygen atoms in total. The van der Waals surface area contributed by atoms with Crippen LogP contribution in [-0.4, -0.2) is 31.3 Å². The van der Waals surface area contributed by atoms with Crippen molar-refractivity contribution >= 4 is 5.91 Å². The van der Waals surface area contributed by atoms with Gasteiger partial charge in [0.05, 0.1) is 6.10 Å². The fourth-order valence-corrected chi connectivity index (χ4v) is 1.17. The van der Waals surface area contributed by atoms with Crippen LogP contribution >= 0.6 is 0 Å². The second-order valence-corrected chi connectivity index (χ2v) is 2.99. The van der Waals surface area contributed by atoms with Crippen LogP contribution in [-0.2, 0) is 14.3 Å². The number of nitrogens with two attached hydrogens (primary N) is 1. The fraction of sp³-hybridized carbons (Fsp3) is 0.900. The van der Waals surface area contributed by atoms with Gasteiger partial charge in [-0.2, -0.15) is 0 Å². The van der Waals surface area contributed by atoms with Gasteiger partial charge in [-0.3, -0.25) is 4.79 Å². The zero-order chi connectivity index (χ0) is 11.0. The molecule has 0 aliphatic carbocycles. The highest BCUT2D eigenvalue weighted by Gasteiger charge is 2.19. The van der Waals surface area contributed by atoms with Gasteiger partial charge in [0.1, 0.15) is 6.10 Å². The predicted molar refractivity (Wildman–Crippen MR) is 54.9 cm³/mol. The van der Waals surface area contributed by atoms with Gasteiger partial charge in [0.15, 0.2) is 0 Å². The summed E-state index contributed by atoms with van der Waals surface area (Å²) >= 11 is 0. The molecule has 0 radical (unpaired) electrons. The van der Waals surface area contributed by atoms with Gasteiger partial charge >= 0.3 is 0 Å². The van der Waals surface area contributed by atoms with Crippen molar-refractivity contribution in [1.82, 2.24) is 0 Å². The molecule has 4 heteroatoms. The lowest BCUT2D eigenvalue weighted by molar-refractivity contribution is -0.135. The van der Waals surface area contributed by atoms with Crippen LogP contribution in [0, 0.1) is 0 Å². The summed E-state index contributed by atoms with van der Waals surface area (Å²) in [4.78, 5) is 10.6. The second-order valence-electron chi connectivity index (χ2n) is 2.99. The van der Waals surface area contributed by atoms with E-state index in [0.717, 1.165) is 26.1 Å². The molecule has 0 spiro atoms. The van der Waals surface area contributed by atoms with Crippen molar-refractivity contribution in [3.05, 3.63) is 0 Å². The topological polar surface area (TPSA) is 61.6 Å². The predicted octanol–water partition coefficient (Wildman–Crippen LogP) is 1.08. The first kappa shape index (κ1) is 13.4. The third-order valence-electron chi connectivity index (χ3n) is 1.97. The standard InChI is InChI=1S/C8H15NO3.C2H6/c1-6(8(9)10)12-7-2-4-11-5-3-7;1-2/h6-7H,2-5H2,1H3,(H2,9,10);1-2H3. The summed E-state index contributed by atoms with van der Waals surface area (Å²) in [5.41, 5.74) is 5.06. The molecular formula is C10H21NO3. The lowest BCUT2D eigenvalue weighted by Crippen LogP contribution is -2.34. The third kappa shape index (κ3) is 5.19. The molecule has 14 heavy (non-hydrogen) atoms. The van der Waals surface area contributed by atoms with Crippen molar-refractivity contribution in [3.63, 3.8) is 0 Å². The molecule has 1 aliphatic rings. The minimum atomic E-state index is -0.479. The molecule has 1 unspecified atom stereocenters. The summed E-state index contributed by atoms with van der Waals surface area (Å²) in [6.07, 6.45) is 1.38. The zero-order valence-corrected chi connectivity index (χ0v) is 9.29. The summed E-state index contributed by atoms with van der Waals surface area (Å²) in [6, 6.07) is 0. The summed E-state index contributed by atoms with van der Waals surface area (Å²) in [7, 11) is 0. The average molecular weight is 203 g/mol. The molecule has 2 N–H and O–H groups in total. The van der Waals surface area contributed by atoms with E-state index in [1.54, 1.807) is 6.92 Å². The minimum absolute atomic E-state index is 0.140. The molecule has 0 aromatic heterocycles. The molecule has 84 valence electrons. The summed E-state index contributed by atoms with van der Waals surface area (Å²) < 4.78 is 10.5. The van der Waals surface area contributed by atoms with Gasteiger partial charge in [-0.25, -0.2) is 0 Å². The van der Waals surface area contributed by atoms with Crippen LogP contribution in [0.5, 0.6) is 0 Å². The van der Waals surface area contributed by atoms with E-state index in [-0.39, 0.29) is 6.10 Å². The van der Waals surface area contributed by atoms with Crippen molar-refractivity contribution in [2.24, 2.45) is 5.73 Å². The lowest BCUT2D eigenvalue weighted by Gasteiger charge is -2.24. The van der Waals surface area contributed by atoms with Gasteiger partial charge in [0.2, 0.25) is 5.91 Å². The number of rotatable bonds is 3. The Bertz CT molecular complexity index is 155. The highest BCUT2D eigenvalue weighted by Crippen LogP contribution is 2.12. The molecule has 0 aromatic rings. The largest absolute Gasteiger partial charge is 0.381 e. The Kier molecular flexibility index (Phi) is 7.42. The van der Waals surface area contributed by atoms with Crippen LogP contribution in [0.15, 0.2) is 0 Å². The highest BCUT2D eigenvalue weighted by molar-refractivity contribution is 5.78. The van der Waals surface area contributed by atoms with Crippen LogP contribution in [0.3, 0.4) is 0 Å². The van der Waals surface area contributed by atoms with Gasteiger partial charge in [0, 0.05) is 13.2 Å². The zero-order valence-electron chi connectivity index (χ0n) is 9.29. The third-order valence-corrected chi connectivity index (χ3v) is 1.97. The maximum Gasteiger partial charge on any atom is 0.246 e. The van der Waals surface area contributed by atoms with Crippen LogP contribution in [0.25, 0.3) is 0 Å². The van der Waals surface area contributed by atoms with E-state index in [1.165, 1.54) is 0 Å². The molecular weight excluding hydrogens is 182 g/mol. The van der Waals surface area contributed by atoms with Crippen molar-refractivity contribution in [2.75, 3.05) is 13.2 Å². The van der Waals surface area contributed by atoms with E-state index in [9.17, 15) is 4.79 Å². The van der Waals surface area contributed by atoms with Gasteiger partial charge in [-0.15, -0.1) is 0 Å². The first-order chi connectivity index (χ1) is 6.70. The van der Waals surface area contributed by atoms with Gasteiger partial charge in [-0.05, 0) is 19.8 Å². The highest BCUT2D eigenvalue weighted by atomic mass is 16.5. The lowest BCUT2D eigenvalue weighted by atomic mass is 10.1. The summed E-state index contributed by atoms with van der Waals surface area (Å²) in [5, 5.41) is 0. The van der Waals surface area contributed by atoms with E-state index in [0.29, 0.717) is 0 Å². The fourth-order valence-electron chi connectivity index (χ4n) is 1.17. The van der Waals surface area contributed by atoms with Gasteiger partial charge in [0.25, 0.3) is 0 Å². The monoisotopic (exact) mass is 203 g/mol. The van der Waals surface area contributed by atoms with Gasteiger partial charge in [-0.1, -0.05) is 13.8 Å². The molecule has 1 amide bonds. The van der Waals surface area contributed by atoms with E-state index in [2.05, 4.69) is 0 Å². The first-order valence-corrected chi connectivity index (χ1v) is 5.22. The van der Waals surface area contributed by atoms with Crippen molar-refractivity contribution in [1.29, 1.82) is 0 Å². The van der Waals surface area contributed by atoms with E-state index in [4.69, 9.17) is 15.2 Å². The molecule has 0 saturated carbocycles. The SMILES string of the molecule is CC.CC(OC1CCOCC1)C(N)=O. The Morgan fingerprint density at radius 1 is 1.43 bits per heavy atom. The average Bonchev–Trinajstić information content (AvgIpc) is 2.22. The van der Waals surface area contributed by atoms with Gasteiger partial charge < -0.3 is 15.2 Å². The number of hydrogen-bond acceptors (Lipinski definition) is 3. The minimum Gasteiger partial charge on any atom is -0.381 e. The molecule has 1 heterocycles. The van der Waals surface area contributed by atoms with Crippen LogP contribution in [0.4, 0.5) is 0 Å². The Morgan fingerprint density at radius 2 is 1.93 bits per heavy atom. The van der Waals surface area contributed by atoms with Crippen molar-refractivity contribution in [3.8, 4) is 0 Å². The number of ether oxygens (including phenoxy) is 2. The Morgan fingerprint density at radius 3 is 2.36 bits per heavy atom. The van der Waals surface area contributed by atoms with E-state index in [1.807, 2.05) is 13.8 Å². The molecule has 0 bridgehead atoms. The maximum absolute atomic E-state index is 10.6. The number of primary amides is 1.